The Morgan fingerprint density at radius 2 is 1.80 bits per heavy atom. The Morgan fingerprint density at radius 3 is 2.40 bits per heavy atom. The maximum Gasteiger partial charge on any atom is 0.255 e. The van der Waals surface area contributed by atoms with Gasteiger partial charge in [-0.05, 0) is 63.4 Å². The van der Waals surface area contributed by atoms with Crippen LogP contribution in [-0.2, 0) is 20.8 Å². The van der Waals surface area contributed by atoms with Crippen LogP contribution in [-0.4, -0.2) is 81.6 Å². The normalized spacial score (nSPS) is 30.5. The summed E-state index contributed by atoms with van der Waals surface area (Å²) in [5.41, 5.74) is 3.48. The molecule has 3 aliphatic carbocycles. The second-order valence-corrected chi connectivity index (χ2v) is 10.1. The van der Waals surface area contributed by atoms with Crippen molar-refractivity contribution in [1.29, 1.82) is 0 Å². The number of benzene rings is 1. The predicted octanol–water partition coefficient (Wildman–Crippen LogP) is 0.564. The standard InChI is InChI=1S/C25H29N3O7/c1-27(2)19-13-10-11-9-12-14(28-7-3-4-8-28)5-6-15(29)17(12)20(30)16(11)22(32)25(13,35)23(33)18(21(19)31)24(26)34/h5-6,11,13,19,29-30,33,35H,3-4,7-10H2,1-2H3,(H2,26,34)/t11-,13-,19-,25-/m0/s1. The van der Waals surface area contributed by atoms with Gasteiger partial charge in [0.15, 0.2) is 11.4 Å². The molecule has 1 aromatic rings. The Balaban J connectivity index is 1.72. The van der Waals surface area contributed by atoms with E-state index < -0.39 is 58.0 Å². The summed E-state index contributed by atoms with van der Waals surface area (Å²) in [6.07, 6.45) is 2.44. The fraction of sp³-hybridized carbons (Fsp3) is 0.480. The lowest BCUT2D eigenvalue weighted by atomic mass is 9.57. The van der Waals surface area contributed by atoms with Gasteiger partial charge in [0.25, 0.3) is 5.91 Å². The van der Waals surface area contributed by atoms with E-state index in [1.165, 1.54) is 11.0 Å². The minimum Gasteiger partial charge on any atom is -0.508 e. The van der Waals surface area contributed by atoms with Crippen molar-refractivity contribution >= 4 is 28.9 Å². The molecule has 2 fully saturated rings. The number of amides is 1. The quantitative estimate of drug-likeness (QED) is 0.386. The lowest BCUT2D eigenvalue weighted by Gasteiger charge is -2.50. The van der Waals surface area contributed by atoms with E-state index in [9.17, 15) is 34.8 Å². The number of phenols is 1. The molecule has 186 valence electrons. The first-order chi connectivity index (χ1) is 16.5. The number of hydrogen-bond acceptors (Lipinski definition) is 9. The molecule has 10 heteroatoms. The zero-order valence-electron chi connectivity index (χ0n) is 19.6. The highest BCUT2D eigenvalue weighted by Crippen LogP contribution is 2.53. The average Bonchev–Trinajstić information content (AvgIpc) is 3.30. The monoisotopic (exact) mass is 483 g/mol. The Labute approximate surface area is 201 Å². The van der Waals surface area contributed by atoms with Crippen LogP contribution in [0.15, 0.2) is 29.0 Å². The van der Waals surface area contributed by atoms with Gasteiger partial charge < -0.3 is 31.1 Å². The highest BCUT2D eigenvalue weighted by atomic mass is 16.3. The number of carbonyl (C=O) groups excluding carboxylic acids is 3. The van der Waals surface area contributed by atoms with Crippen molar-refractivity contribution in [2.24, 2.45) is 17.6 Å². The first kappa shape index (κ1) is 23.4. The van der Waals surface area contributed by atoms with Gasteiger partial charge in [-0.2, -0.15) is 0 Å². The number of aliphatic hydroxyl groups excluding tert-OH is 2. The fourth-order valence-corrected chi connectivity index (χ4v) is 6.48. The molecule has 1 saturated heterocycles. The highest BCUT2D eigenvalue weighted by Gasteiger charge is 2.64. The van der Waals surface area contributed by atoms with Gasteiger partial charge in [0.1, 0.15) is 22.8 Å². The molecule has 5 rings (SSSR count). The molecule has 0 bridgehead atoms. The van der Waals surface area contributed by atoms with Crippen LogP contribution in [0.4, 0.5) is 5.69 Å². The summed E-state index contributed by atoms with van der Waals surface area (Å²) in [5, 5.41) is 44.4. The summed E-state index contributed by atoms with van der Waals surface area (Å²) in [4.78, 5) is 42.6. The number of hydrogen-bond donors (Lipinski definition) is 5. The SMILES string of the molecule is CN(C)[C@@H]1C(=O)C(C(N)=O)=C(O)[C@@]2(O)C(=O)C3=C(O)c4c(O)ccc(N5CCCC5)c4C[C@H]3C[C@@H]12. The van der Waals surface area contributed by atoms with Crippen LogP contribution in [0.25, 0.3) is 5.76 Å². The van der Waals surface area contributed by atoms with Crippen LogP contribution in [0.1, 0.15) is 30.4 Å². The van der Waals surface area contributed by atoms with Gasteiger partial charge >= 0.3 is 0 Å². The topological polar surface area (TPSA) is 165 Å². The molecule has 1 aliphatic heterocycles. The number of primary amides is 1. The van der Waals surface area contributed by atoms with E-state index in [2.05, 4.69) is 4.90 Å². The zero-order valence-corrected chi connectivity index (χ0v) is 19.6. The number of ketones is 2. The molecule has 4 aliphatic rings. The number of rotatable bonds is 3. The van der Waals surface area contributed by atoms with Crippen molar-refractivity contribution < 1.29 is 34.8 Å². The summed E-state index contributed by atoms with van der Waals surface area (Å²) in [6, 6.07) is 2.19. The molecule has 6 N–H and O–H groups in total. The molecule has 1 heterocycles. The van der Waals surface area contributed by atoms with Gasteiger partial charge in [0.2, 0.25) is 5.78 Å². The van der Waals surface area contributed by atoms with Crippen LogP contribution >= 0.6 is 0 Å². The number of aromatic hydroxyl groups is 1. The van der Waals surface area contributed by atoms with Crippen LogP contribution in [0.5, 0.6) is 5.75 Å². The van der Waals surface area contributed by atoms with Crippen LogP contribution < -0.4 is 10.6 Å². The first-order valence-electron chi connectivity index (χ1n) is 11.7. The maximum atomic E-state index is 13.8. The highest BCUT2D eigenvalue weighted by molar-refractivity contribution is 6.24. The second-order valence-electron chi connectivity index (χ2n) is 10.1. The van der Waals surface area contributed by atoms with Gasteiger partial charge in [-0.3, -0.25) is 19.3 Å². The minimum absolute atomic E-state index is 0.0842. The number of aliphatic hydroxyl groups is 3. The zero-order chi connectivity index (χ0) is 25.4. The van der Waals surface area contributed by atoms with Crippen molar-refractivity contribution in [2.75, 3.05) is 32.1 Å². The molecular weight excluding hydrogens is 454 g/mol. The smallest absolute Gasteiger partial charge is 0.255 e. The Morgan fingerprint density at radius 1 is 1.14 bits per heavy atom. The average molecular weight is 484 g/mol. The Kier molecular flexibility index (Phi) is 5.22. The molecule has 10 nitrogen and oxygen atoms in total. The maximum absolute atomic E-state index is 13.8. The van der Waals surface area contributed by atoms with E-state index in [4.69, 9.17) is 5.73 Å². The van der Waals surface area contributed by atoms with E-state index in [-0.39, 0.29) is 23.3 Å². The first-order valence-corrected chi connectivity index (χ1v) is 11.7. The number of nitrogens with zero attached hydrogens (tertiary/aromatic N) is 2. The molecule has 0 aromatic heterocycles. The van der Waals surface area contributed by atoms with Crippen molar-refractivity contribution in [3.8, 4) is 5.75 Å². The lowest BCUT2D eigenvalue weighted by molar-refractivity contribution is -0.153. The number of likely N-dealkylation sites (N-methyl/N-ethyl adjacent to an activating group) is 1. The molecule has 1 amide bonds. The van der Waals surface area contributed by atoms with Gasteiger partial charge in [0, 0.05) is 30.3 Å². The van der Waals surface area contributed by atoms with Gasteiger partial charge in [-0.15, -0.1) is 0 Å². The molecule has 1 saturated carbocycles. The van der Waals surface area contributed by atoms with E-state index in [1.807, 2.05) is 0 Å². The molecule has 4 atom stereocenters. The van der Waals surface area contributed by atoms with Crippen LogP contribution in [0.3, 0.4) is 0 Å². The largest absolute Gasteiger partial charge is 0.508 e. The number of carbonyl (C=O) groups is 3. The molecule has 1 aromatic carbocycles. The summed E-state index contributed by atoms with van der Waals surface area (Å²) < 4.78 is 0. The number of Topliss-reactive ketones (excluding diaryl/α,β-unsaturated/α-hetero) is 2. The van der Waals surface area contributed by atoms with Crippen molar-refractivity contribution in [3.63, 3.8) is 0 Å². The van der Waals surface area contributed by atoms with Crippen molar-refractivity contribution in [1.82, 2.24) is 4.90 Å². The third-order valence-electron chi connectivity index (χ3n) is 8.03. The van der Waals surface area contributed by atoms with E-state index in [0.717, 1.165) is 31.6 Å². The summed E-state index contributed by atoms with van der Waals surface area (Å²) in [6.45, 7) is 1.68. The van der Waals surface area contributed by atoms with Crippen molar-refractivity contribution in [3.05, 3.63) is 40.2 Å². The van der Waals surface area contributed by atoms with Gasteiger partial charge in [0.05, 0.1) is 11.6 Å². The fourth-order valence-electron chi connectivity index (χ4n) is 6.48. The van der Waals surface area contributed by atoms with E-state index in [0.29, 0.717) is 12.0 Å². The minimum atomic E-state index is -2.62. The Bertz CT molecular complexity index is 1230. The Hall–Kier alpha value is -3.37. The van der Waals surface area contributed by atoms with Crippen LogP contribution in [0, 0.1) is 11.8 Å². The lowest BCUT2D eigenvalue weighted by Crippen LogP contribution is -2.65. The summed E-state index contributed by atoms with van der Waals surface area (Å²) >= 11 is 0. The van der Waals surface area contributed by atoms with E-state index in [1.54, 1.807) is 20.2 Å². The summed E-state index contributed by atoms with van der Waals surface area (Å²) in [5.74, 6) is -6.38. The number of fused-ring (bicyclic) bond motifs is 3. The number of nitrogens with two attached hydrogens (primary N) is 1. The molecule has 0 spiro atoms. The van der Waals surface area contributed by atoms with Gasteiger partial charge in [-0.25, -0.2) is 0 Å². The third-order valence-corrected chi connectivity index (χ3v) is 8.03. The molecule has 0 radical (unpaired) electrons. The summed E-state index contributed by atoms with van der Waals surface area (Å²) in [7, 11) is 3.16. The molecular formula is C25H29N3O7. The number of phenolic OH excluding ortho intramolecular Hbond substituents is 1. The van der Waals surface area contributed by atoms with Gasteiger partial charge in [-0.1, -0.05) is 0 Å². The van der Waals surface area contributed by atoms with Crippen molar-refractivity contribution in [2.45, 2.75) is 37.3 Å². The number of anilines is 1. The van der Waals surface area contributed by atoms with E-state index >= 15 is 0 Å². The second kappa shape index (κ2) is 7.82. The molecule has 35 heavy (non-hydrogen) atoms. The predicted molar refractivity (Wildman–Crippen MR) is 126 cm³/mol. The van der Waals surface area contributed by atoms with Crippen LogP contribution in [0.2, 0.25) is 0 Å². The third kappa shape index (κ3) is 3.06. The molecule has 0 unspecified atom stereocenters.